The molecule has 7 heteroatoms. The summed E-state index contributed by atoms with van der Waals surface area (Å²) in [5, 5.41) is 11.1. The summed E-state index contributed by atoms with van der Waals surface area (Å²) in [6.45, 7) is -1.83. The summed E-state index contributed by atoms with van der Waals surface area (Å²) < 4.78 is 54.1. The van der Waals surface area contributed by atoms with Gasteiger partial charge in [-0.15, -0.1) is 0 Å². The Morgan fingerprint density at radius 2 is 2.06 bits per heavy atom. The van der Waals surface area contributed by atoms with E-state index in [-0.39, 0.29) is 11.3 Å². The van der Waals surface area contributed by atoms with Crippen LogP contribution in [0.1, 0.15) is 11.6 Å². The summed E-state index contributed by atoms with van der Waals surface area (Å²) in [6, 6.07) is 2.74. The first-order valence-corrected chi connectivity index (χ1v) is 5.12. The molecule has 0 heterocycles. The molecule has 0 spiro atoms. The second-order valence-electron chi connectivity index (χ2n) is 3.63. The minimum Gasteiger partial charge on any atom is -0.494 e. The Balaban J connectivity index is 2.79. The number of halogens is 4. The molecule has 18 heavy (non-hydrogen) atoms. The molecule has 0 radical (unpaired) electrons. The van der Waals surface area contributed by atoms with E-state index in [0.717, 1.165) is 6.07 Å². The highest BCUT2D eigenvalue weighted by molar-refractivity contribution is 5.31. The van der Waals surface area contributed by atoms with Gasteiger partial charge in [-0.2, -0.15) is 13.2 Å². The summed E-state index contributed by atoms with van der Waals surface area (Å²) in [7, 11) is 1.28. The summed E-state index contributed by atoms with van der Waals surface area (Å²) >= 11 is 0. The van der Waals surface area contributed by atoms with Crippen molar-refractivity contribution in [3.63, 3.8) is 0 Å². The lowest BCUT2D eigenvalue weighted by Gasteiger charge is -2.18. The van der Waals surface area contributed by atoms with E-state index < -0.39 is 31.2 Å². The zero-order chi connectivity index (χ0) is 13.8. The molecule has 3 nitrogen and oxygen atoms in total. The number of nitrogens with one attached hydrogen (secondary N) is 1. The quantitative estimate of drug-likeness (QED) is 0.802. The van der Waals surface area contributed by atoms with E-state index in [0.29, 0.717) is 0 Å². The van der Waals surface area contributed by atoms with Crippen molar-refractivity contribution in [1.82, 2.24) is 5.32 Å². The summed E-state index contributed by atoms with van der Waals surface area (Å²) in [4.78, 5) is 0. The van der Waals surface area contributed by atoms with Gasteiger partial charge in [0.2, 0.25) is 0 Å². The molecule has 0 fully saturated rings. The molecule has 1 unspecified atom stereocenters. The minimum absolute atomic E-state index is 0.00809. The molecular formula is C11H13F4NO2. The Kier molecular flexibility index (Phi) is 4.92. The number of methoxy groups -OCH3 is 1. The van der Waals surface area contributed by atoms with Gasteiger partial charge in [0.15, 0.2) is 11.6 Å². The summed E-state index contributed by atoms with van der Waals surface area (Å²) in [5.74, 6) is -0.700. The van der Waals surface area contributed by atoms with Crippen LogP contribution >= 0.6 is 0 Å². The number of ether oxygens (including phenoxy) is 1. The lowest BCUT2D eigenvalue weighted by atomic mass is 10.1. The molecule has 1 rings (SSSR count). The normalized spacial score (nSPS) is 13.4. The van der Waals surface area contributed by atoms with Crippen LogP contribution in [-0.4, -0.2) is 31.5 Å². The topological polar surface area (TPSA) is 41.5 Å². The standard InChI is InChI=1S/C11H13F4NO2/c1-18-10-3-2-7(4-8(10)12)9(5-17)16-6-11(13,14)15/h2-4,9,16-17H,5-6H2,1H3. The van der Waals surface area contributed by atoms with E-state index in [2.05, 4.69) is 10.1 Å². The van der Waals surface area contributed by atoms with E-state index in [4.69, 9.17) is 5.11 Å². The van der Waals surface area contributed by atoms with Crippen molar-refractivity contribution in [3.8, 4) is 5.75 Å². The van der Waals surface area contributed by atoms with Crippen molar-refractivity contribution in [3.05, 3.63) is 29.6 Å². The number of benzene rings is 1. The monoisotopic (exact) mass is 267 g/mol. The third-order valence-corrected chi connectivity index (χ3v) is 2.31. The predicted octanol–water partition coefficient (Wildman–Crippen LogP) is 2.02. The van der Waals surface area contributed by atoms with Crippen LogP contribution in [0, 0.1) is 5.82 Å². The Bertz CT molecular complexity index is 395. The van der Waals surface area contributed by atoms with Crippen LogP contribution < -0.4 is 10.1 Å². The van der Waals surface area contributed by atoms with E-state index in [1.807, 2.05) is 0 Å². The second-order valence-corrected chi connectivity index (χ2v) is 3.63. The van der Waals surface area contributed by atoms with Crippen molar-refractivity contribution in [2.24, 2.45) is 0 Å². The second kappa shape index (κ2) is 6.01. The van der Waals surface area contributed by atoms with Crippen LogP contribution in [0.25, 0.3) is 0 Å². The number of alkyl halides is 3. The van der Waals surface area contributed by atoms with Gasteiger partial charge >= 0.3 is 6.18 Å². The Morgan fingerprint density at radius 3 is 2.50 bits per heavy atom. The smallest absolute Gasteiger partial charge is 0.401 e. The molecule has 2 N–H and O–H groups in total. The van der Waals surface area contributed by atoms with Crippen molar-refractivity contribution in [2.45, 2.75) is 12.2 Å². The van der Waals surface area contributed by atoms with Crippen LogP contribution in [0.3, 0.4) is 0 Å². The van der Waals surface area contributed by atoms with Gasteiger partial charge in [0.05, 0.1) is 26.3 Å². The van der Waals surface area contributed by atoms with Crippen LogP contribution in [0.15, 0.2) is 18.2 Å². The fraction of sp³-hybridized carbons (Fsp3) is 0.455. The Hall–Kier alpha value is -1.34. The largest absolute Gasteiger partial charge is 0.494 e. The summed E-state index contributed by atoms with van der Waals surface area (Å²) in [6.07, 6.45) is -4.39. The molecule has 0 aliphatic heterocycles. The molecule has 0 amide bonds. The maximum Gasteiger partial charge on any atom is 0.401 e. The van der Waals surface area contributed by atoms with Crippen molar-refractivity contribution >= 4 is 0 Å². The predicted molar refractivity (Wildman–Crippen MR) is 56.8 cm³/mol. The lowest BCUT2D eigenvalue weighted by molar-refractivity contribution is -0.126. The van der Waals surface area contributed by atoms with Gasteiger partial charge in [-0.1, -0.05) is 6.07 Å². The first-order valence-electron chi connectivity index (χ1n) is 5.12. The van der Waals surface area contributed by atoms with E-state index in [9.17, 15) is 17.6 Å². The van der Waals surface area contributed by atoms with Gasteiger partial charge in [-0.3, -0.25) is 5.32 Å². The lowest BCUT2D eigenvalue weighted by Crippen LogP contribution is -2.33. The van der Waals surface area contributed by atoms with Gasteiger partial charge in [-0.05, 0) is 17.7 Å². The number of aliphatic hydroxyl groups excluding tert-OH is 1. The Labute approximate surface area is 101 Å². The van der Waals surface area contributed by atoms with Crippen molar-refractivity contribution in [1.29, 1.82) is 0 Å². The molecule has 1 atom stereocenters. The molecule has 1 aromatic rings. The van der Waals surface area contributed by atoms with Crippen LogP contribution in [0.4, 0.5) is 17.6 Å². The van der Waals surface area contributed by atoms with E-state index in [1.165, 1.54) is 19.2 Å². The highest BCUT2D eigenvalue weighted by atomic mass is 19.4. The third kappa shape index (κ3) is 4.15. The maximum atomic E-state index is 13.4. The molecule has 0 aromatic heterocycles. The number of hydrogen-bond acceptors (Lipinski definition) is 3. The van der Waals surface area contributed by atoms with E-state index >= 15 is 0 Å². The SMILES string of the molecule is COc1ccc(C(CO)NCC(F)(F)F)cc1F. The fourth-order valence-electron chi connectivity index (χ4n) is 1.43. The molecule has 0 saturated heterocycles. The van der Waals surface area contributed by atoms with Gasteiger partial charge in [0.1, 0.15) is 0 Å². The van der Waals surface area contributed by atoms with Gasteiger partial charge in [0.25, 0.3) is 0 Å². The van der Waals surface area contributed by atoms with Crippen molar-refractivity contribution in [2.75, 3.05) is 20.3 Å². The number of rotatable bonds is 5. The molecule has 0 aliphatic carbocycles. The third-order valence-electron chi connectivity index (χ3n) is 2.31. The van der Waals surface area contributed by atoms with Gasteiger partial charge in [-0.25, -0.2) is 4.39 Å². The number of hydrogen-bond donors (Lipinski definition) is 2. The number of aliphatic hydroxyl groups is 1. The molecule has 1 aromatic carbocycles. The first-order chi connectivity index (χ1) is 8.37. The molecule has 0 saturated carbocycles. The van der Waals surface area contributed by atoms with Crippen LogP contribution in [-0.2, 0) is 0 Å². The molecule has 0 bridgehead atoms. The van der Waals surface area contributed by atoms with Crippen LogP contribution in [0.5, 0.6) is 5.75 Å². The maximum absolute atomic E-state index is 13.4. The molecule has 0 aliphatic rings. The van der Waals surface area contributed by atoms with Gasteiger partial charge < -0.3 is 9.84 Å². The molecular weight excluding hydrogens is 254 g/mol. The Morgan fingerprint density at radius 1 is 1.39 bits per heavy atom. The summed E-state index contributed by atoms with van der Waals surface area (Å²) in [5.41, 5.74) is 0.222. The average Bonchev–Trinajstić information content (AvgIpc) is 2.28. The fourth-order valence-corrected chi connectivity index (χ4v) is 1.43. The van der Waals surface area contributed by atoms with E-state index in [1.54, 1.807) is 0 Å². The zero-order valence-electron chi connectivity index (χ0n) is 9.59. The first kappa shape index (κ1) is 14.7. The van der Waals surface area contributed by atoms with Crippen LogP contribution in [0.2, 0.25) is 0 Å². The average molecular weight is 267 g/mol. The van der Waals surface area contributed by atoms with Crippen molar-refractivity contribution < 1.29 is 27.4 Å². The van der Waals surface area contributed by atoms with Gasteiger partial charge in [0, 0.05) is 0 Å². The minimum atomic E-state index is -4.39. The molecule has 102 valence electrons. The zero-order valence-corrected chi connectivity index (χ0v) is 9.59. The highest BCUT2D eigenvalue weighted by Gasteiger charge is 2.28. The highest BCUT2D eigenvalue weighted by Crippen LogP contribution is 2.22.